The number of benzene rings is 1. The van der Waals surface area contributed by atoms with E-state index in [4.69, 9.17) is 8.83 Å². The number of nitrogens with one attached hydrogen (secondary N) is 1. The summed E-state index contributed by atoms with van der Waals surface area (Å²) in [5, 5.41) is 0.981. The number of pyridine rings is 1. The van der Waals surface area contributed by atoms with E-state index in [0.29, 0.717) is 29.6 Å². The van der Waals surface area contributed by atoms with Crippen LogP contribution in [-0.2, 0) is 6.42 Å². The lowest BCUT2D eigenvalue weighted by Gasteiger charge is -2.27. The average molecular weight is 439 g/mol. The van der Waals surface area contributed by atoms with Gasteiger partial charge in [0, 0.05) is 23.8 Å². The Morgan fingerprint density at radius 3 is 2.85 bits per heavy atom. The molecule has 0 unspecified atom stereocenters. The van der Waals surface area contributed by atoms with Crippen molar-refractivity contribution in [3.8, 4) is 11.6 Å². The number of rotatable bonds is 3. The number of fused-ring (bicyclic) bond motifs is 2. The summed E-state index contributed by atoms with van der Waals surface area (Å²) in [6.45, 7) is 2.31. The third-order valence-electron chi connectivity index (χ3n) is 6.00. The first-order chi connectivity index (χ1) is 16.2. The Kier molecular flexibility index (Phi) is 4.57. The average Bonchev–Trinajstić information content (AvgIpc) is 3.55. The molecule has 4 aromatic heterocycles. The van der Waals surface area contributed by atoms with Crippen molar-refractivity contribution in [1.29, 1.82) is 0 Å². The van der Waals surface area contributed by atoms with Gasteiger partial charge in [0.15, 0.2) is 0 Å². The Hall–Kier alpha value is -4.20. The number of nitrogens with zero attached hydrogens (tertiary/aromatic N) is 4. The normalized spacial score (nSPS) is 16.0. The molecule has 0 bridgehead atoms. The first kappa shape index (κ1) is 19.5. The molecule has 5 aromatic rings. The number of carbonyl (C=O) groups is 1. The van der Waals surface area contributed by atoms with Crippen molar-refractivity contribution in [1.82, 2.24) is 24.8 Å². The molecule has 6 rings (SSSR count). The molecule has 1 aromatic carbocycles. The number of aromatic nitrogens is 4. The third-order valence-corrected chi connectivity index (χ3v) is 6.00. The standard InChI is InChI=1S/C25H21N5O3/c1-15-23(33-24(29-15)18-8-4-5-11-26-18)25(31)30-12-6-9-17-21(28-14-27-17)22(30)20-13-16-7-2-3-10-19(16)32-20/h2-5,7-8,10-11,13-14,22H,6,9,12H2,1H3,(H,27,28)/t22-/m1/s1. The van der Waals surface area contributed by atoms with Crippen molar-refractivity contribution in [3.63, 3.8) is 0 Å². The van der Waals surface area contributed by atoms with Crippen LogP contribution in [0.3, 0.4) is 0 Å². The highest BCUT2D eigenvalue weighted by Gasteiger charge is 2.37. The van der Waals surface area contributed by atoms with E-state index < -0.39 is 6.04 Å². The van der Waals surface area contributed by atoms with Gasteiger partial charge in [-0.3, -0.25) is 9.78 Å². The second-order valence-corrected chi connectivity index (χ2v) is 8.11. The minimum atomic E-state index is -0.476. The second-order valence-electron chi connectivity index (χ2n) is 8.11. The first-order valence-electron chi connectivity index (χ1n) is 10.9. The summed E-state index contributed by atoms with van der Waals surface area (Å²) in [6, 6.07) is 14.8. The van der Waals surface area contributed by atoms with Gasteiger partial charge in [0.1, 0.15) is 23.1 Å². The highest BCUT2D eigenvalue weighted by molar-refractivity contribution is 5.93. The van der Waals surface area contributed by atoms with Gasteiger partial charge in [0.2, 0.25) is 11.7 Å². The van der Waals surface area contributed by atoms with Gasteiger partial charge in [-0.2, -0.15) is 0 Å². The summed E-state index contributed by atoms with van der Waals surface area (Å²) in [5.41, 5.74) is 3.69. The molecule has 164 valence electrons. The molecule has 0 saturated carbocycles. The van der Waals surface area contributed by atoms with Crippen LogP contribution in [0.15, 0.2) is 69.9 Å². The van der Waals surface area contributed by atoms with E-state index in [9.17, 15) is 4.79 Å². The zero-order valence-corrected chi connectivity index (χ0v) is 18.0. The van der Waals surface area contributed by atoms with Crippen LogP contribution < -0.4 is 0 Å². The lowest BCUT2D eigenvalue weighted by Crippen LogP contribution is -2.36. The Morgan fingerprint density at radius 2 is 2.00 bits per heavy atom. The van der Waals surface area contributed by atoms with Gasteiger partial charge in [-0.05, 0) is 44.0 Å². The molecule has 1 N–H and O–H groups in total. The molecule has 0 fully saturated rings. The second kappa shape index (κ2) is 7.74. The maximum absolute atomic E-state index is 13.8. The van der Waals surface area contributed by atoms with E-state index >= 15 is 0 Å². The van der Waals surface area contributed by atoms with Crippen LogP contribution in [0.1, 0.15) is 45.9 Å². The van der Waals surface area contributed by atoms with E-state index in [1.54, 1.807) is 30.4 Å². The summed E-state index contributed by atoms with van der Waals surface area (Å²) < 4.78 is 12.2. The monoisotopic (exact) mass is 439 g/mol. The molecule has 1 amide bonds. The predicted octanol–water partition coefficient (Wildman–Crippen LogP) is 4.69. The number of furan rings is 1. The number of para-hydroxylation sites is 1. The van der Waals surface area contributed by atoms with Gasteiger partial charge < -0.3 is 18.7 Å². The van der Waals surface area contributed by atoms with Crippen LogP contribution in [0.4, 0.5) is 0 Å². The summed E-state index contributed by atoms with van der Waals surface area (Å²) in [5.74, 6) is 0.952. The fourth-order valence-electron chi connectivity index (χ4n) is 4.44. The minimum Gasteiger partial charge on any atom is -0.458 e. The highest BCUT2D eigenvalue weighted by Crippen LogP contribution is 2.37. The molecule has 0 saturated heterocycles. The number of amides is 1. The molecular formula is C25H21N5O3. The molecule has 1 aliphatic heterocycles. The maximum atomic E-state index is 13.8. The van der Waals surface area contributed by atoms with E-state index in [1.165, 1.54) is 0 Å². The molecule has 0 radical (unpaired) electrons. The van der Waals surface area contributed by atoms with E-state index in [0.717, 1.165) is 35.2 Å². The number of hydrogen-bond acceptors (Lipinski definition) is 6. The summed E-state index contributed by atoms with van der Waals surface area (Å²) in [7, 11) is 0. The Bertz CT molecular complexity index is 1420. The Balaban J connectivity index is 1.45. The maximum Gasteiger partial charge on any atom is 0.292 e. The highest BCUT2D eigenvalue weighted by atomic mass is 16.4. The number of imidazole rings is 1. The van der Waals surface area contributed by atoms with Gasteiger partial charge in [0.25, 0.3) is 5.91 Å². The summed E-state index contributed by atoms with van der Waals surface area (Å²) >= 11 is 0. The fourth-order valence-corrected chi connectivity index (χ4v) is 4.44. The van der Waals surface area contributed by atoms with Gasteiger partial charge >= 0.3 is 0 Å². The minimum absolute atomic E-state index is 0.204. The number of hydrogen-bond donors (Lipinski definition) is 1. The van der Waals surface area contributed by atoms with Crippen LogP contribution in [0.25, 0.3) is 22.6 Å². The van der Waals surface area contributed by atoms with Crippen molar-refractivity contribution < 1.29 is 13.6 Å². The molecule has 33 heavy (non-hydrogen) atoms. The van der Waals surface area contributed by atoms with Crippen LogP contribution in [0.5, 0.6) is 0 Å². The molecule has 8 nitrogen and oxygen atoms in total. The first-order valence-corrected chi connectivity index (χ1v) is 10.9. The molecule has 1 aliphatic rings. The topological polar surface area (TPSA) is 101 Å². The van der Waals surface area contributed by atoms with Crippen LogP contribution in [-0.4, -0.2) is 37.3 Å². The van der Waals surface area contributed by atoms with Crippen LogP contribution in [0, 0.1) is 6.92 Å². The number of oxazole rings is 1. The fraction of sp³-hybridized carbons (Fsp3) is 0.200. The zero-order chi connectivity index (χ0) is 22.4. The van der Waals surface area contributed by atoms with Gasteiger partial charge in [-0.1, -0.05) is 24.3 Å². The van der Waals surface area contributed by atoms with Crippen LogP contribution in [0.2, 0.25) is 0 Å². The van der Waals surface area contributed by atoms with Crippen molar-refractivity contribution in [2.45, 2.75) is 25.8 Å². The zero-order valence-electron chi connectivity index (χ0n) is 18.0. The molecule has 8 heteroatoms. The Labute approximate surface area is 189 Å². The molecule has 5 heterocycles. The predicted molar refractivity (Wildman–Crippen MR) is 120 cm³/mol. The van der Waals surface area contributed by atoms with Crippen molar-refractivity contribution >= 4 is 16.9 Å². The van der Waals surface area contributed by atoms with Crippen molar-refractivity contribution in [2.24, 2.45) is 0 Å². The SMILES string of the molecule is Cc1nc(-c2ccccn2)oc1C(=O)N1CCCc2[nH]cnc2[C@H]1c1cc2ccccc2o1. The molecular weight excluding hydrogens is 418 g/mol. The number of aryl methyl sites for hydroxylation is 2. The summed E-state index contributed by atoms with van der Waals surface area (Å²) in [4.78, 5) is 32.2. The van der Waals surface area contributed by atoms with Gasteiger partial charge in [-0.25, -0.2) is 9.97 Å². The van der Waals surface area contributed by atoms with Gasteiger partial charge in [-0.15, -0.1) is 0 Å². The lowest BCUT2D eigenvalue weighted by atomic mass is 10.1. The quantitative estimate of drug-likeness (QED) is 0.438. The van der Waals surface area contributed by atoms with Crippen molar-refractivity contribution in [3.05, 3.63) is 89.7 Å². The smallest absolute Gasteiger partial charge is 0.292 e. The molecule has 0 spiro atoms. The van der Waals surface area contributed by atoms with E-state index in [1.807, 2.05) is 42.5 Å². The largest absolute Gasteiger partial charge is 0.458 e. The van der Waals surface area contributed by atoms with E-state index in [2.05, 4.69) is 19.9 Å². The lowest BCUT2D eigenvalue weighted by molar-refractivity contribution is 0.0659. The number of aromatic amines is 1. The molecule has 0 aliphatic carbocycles. The number of carbonyl (C=O) groups excluding carboxylic acids is 1. The summed E-state index contributed by atoms with van der Waals surface area (Å²) in [6.07, 6.45) is 4.93. The number of H-pyrrole nitrogens is 1. The van der Waals surface area contributed by atoms with Crippen LogP contribution >= 0.6 is 0 Å². The van der Waals surface area contributed by atoms with E-state index in [-0.39, 0.29) is 11.7 Å². The van der Waals surface area contributed by atoms with Crippen molar-refractivity contribution in [2.75, 3.05) is 6.54 Å². The molecule has 1 atom stereocenters. The van der Waals surface area contributed by atoms with Gasteiger partial charge in [0.05, 0.1) is 17.7 Å². The third kappa shape index (κ3) is 3.31. The Morgan fingerprint density at radius 1 is 1.12 bits per heavy atom.